The maximum Gasteiger partial charge on any atom is 0.253 e. The minimum absolute atomic E-state index is 0.235. The summed E-state index contributed by atoms with van der Waals surface area (Å²) in [6, 6.07) is 6.15. The summed E-state index contributed by atoms with van der Waals surface area (Å²) < 4.78 is 0. The van der Waals surface area contributed by atoms with Crippen LogP contribution >= 0.6 is 12.6 Å². The van der Waals surface area contributed by atoms with Gasteiger partial charge in [-0.05, 0) is 18.6 Å². The molecule has 1 aliphatic heterocycles. The topological polar surface area (TPSA) is 75.3 Å². The Morgan fingerprint density at radius 3 is 2.72 bits per heavy atom. The van der Waals surface area contributed by atoms with Crippen molar-refractivity contribution >= 4 is 30.4 Å². The van der Waals surface area contributed by atoms with E-state index in [0.717, 1.165) is 0 Å². The smallest absolute Gasteiger partial charge is 0.253 e. The number of benzene rings is 1. The van der Waals surface area contributed by atoms with Gasteiger partial charge in [0.15, 0.2) is 0 Å². The van der Waals surface area contributed by atoms with E-state index in [-0.39, 0.29) is 18.2 Å². The second-order valence-electron chi connectivity index (χ2n) is 3.99. The highest BCUT2D eigenvalue weighted by Crippen LogP contribution is 2.13. The lowest BCUT2D eigenvalue weighted by Gasteiger charge is -2.22. The Labute approximate surface area is 109 Å². The fourth-order valence-corrected chi connectivity index (χ4v) is 2.00. The molecule has 0 radical (unpaired) electrons. The molecule has 1 fully saturated rings. The van der Waals surface area contributed by atoms with E-state index >= 15 is 0 Å². The molecule has 94 valence electrons. The molecule has 1 heterocycles. The summed E-state index contributed by atoms with van der Waals surface area (Å²) in [4.78, 5) is 34.9. The fraction of sp³-hybridized carbons (Fsp3) is 0.250. The number of carbonyl (C=O) groups is 3. The zero-order valence-electron chi connectivity index (χ0n) is 9.47. The van der Waals surface area contributed by atoms with Gasteiger partial charge in [0.1, 0.15) is 6.04 Å². The van der Waals surface area contributed by atoms with E-state index in [4.69, 9.17) is 0 Å². The van der Waals surface area contributed by atoms with Crippen molar-refractivity contribution in [1.82, 2.24) is 10.6 Å². The molecule has 0 saturated carbocycles. The van der Waals surface area contributed by atoms with Gasteiger partial charge in [0.25, 0.3) is 5.91 Å². The first-order valence-electron chi connectivity index (χ1n) is 5.50. The summed E-state index contributed by atoms with van der Waals surface area (Å²) in [7, 11) is 0. The highest BCUT2D eigenvalue weighted by Gasteiger charge is 2.28. The summed E-state index contributed by atoms with van der Waals surface area (Å²) in [5.41, 5.74) is 0.408. The van der Waals surface area contributed by atoms with Gasteiger partial charge in [0, 0.05) is 11.3 Å². The molecule has 6 heteroatoms. The lowest BCUT2D eigenvalue weighted by Crippen LogP contribution is -2.52. The number of piperidine rings is 1. The standard InChI is InChI=1S/C12H12N2O3S/c15-10-6-5-8(12(17)14-10)13-11(16)7-3-1-2-4-9(7)18/h1-4,8,18H,5-6H2,(H,13,16)(H,14,15,17). The van der Waals surface area contributed by atoms with Gasteiger partial charge in [-0.25, -0.2) is 0 Å². The van der Waals surface area contributed by atoms with Gasteiger partial charge in [0.2, 0.25) is 11.8 Å². The van der Waals surface area contributed by atoms with E-state index in [2.05, 4.69) is 23.3 Å². The number of amides is 3. The minimum atomic E-state index is -0.664. The van der Waals surface area contributed by atoms with Crippen LogP contribution in [0.25, 0.3) is 0 Å². The van der Waals surface area contributed by atoms with E-state index in [0.29, 0.717) is 16.9 Å². The number of hydrogen-bond donors (Lipinski definition) is 3. The lowest BCUT2D eigenvalue weighted by atomic mass is 10.1. The molecule has 1 aromatic rings. The van der Waals surface area contributed by atoms with Gasteiger partial charge in [-0.15, -0.1) is 12.6 Å². The average molecular weight is 264 g/mol. The number of imide groups is 1. The van der Waals surface area contributed by atoms with Crippen LogP contribution in [0.2, 0.25) is 0 Å². The first-order chi connectivity index (χ1) is 8.58. The van der Waals surface area contributed by atoms with Crippen molar-refractivity contribution in [1.29, 1.82) is 0 Å². The third kappa shape index (κ3) is 2.70. The molecule has 18 heavy (non-hydrogen) atoms. The molecule has 2 N–H and O–H groups in total. The van der Waals surface area contributed by atoms with Crippen LogP contribution < -0.4 is 10.6 Å². The highest BCUT2D eigenvalue weighted by atomic mass is 32.1. The van der Waals surface area contributed by atoms with E-state index in [9.17, 15) is 14.4 Å². The first-order valence-corrected chi connectivity index (χ1v) is 5.95. The molecule has 0 spiro atoms. The molecule has 1 unspecified atom stereocenters. The van der Waals surface area contributed by atoms with E-state index in [1.54, 1.807) is 24.3 Å². The Balaban J connectivity index is 2.06. The molecule has 1 saturated heterocycles. The zero-order chi connectivity index (χ0) is 13.1. The largest absolute Gasteiger partial charge is 0.340 e. The van der Waals surface area contributed by atoms with Crippen molar-refractivity contribution < 1.29 is 14.4 Å². The molecule has 1 aliphatic rings. The second kappa shape index (κ2) is 5.22. The Bertz CT molecular complexity index is 516. The van der Waals surface area contributed by atoms with Crippen LogP contribution in [0.15, 0.2) is 29.2 Å². The fourth-order valence-electron chi connectivity index (χ4n) is 1.73. The number of thiol groups is 1. The molecular weight excluding hydrogens is 252 g/mol. The van der Waals surface area contributed by atoms with Crippen LogP contribution in [0.1, 0.15) is 23.2 Å². The van der Waals surface area contributed by atoms with Crippen LogP contribution in [0.4, 0.5) is 0 Å². The number of hydrogen-bond acceptors (Lipinski definition) is 4. The summed E-state index contributed by atoms with van der Waals surface area (Å²) in [6.07, 6.45) is 0.560. The van der Waals surface area contributed by atoms with Crippen LogP contribution in [-0.4, -0.2) is 23.8 Å². The van der Waals surface area contributed by atoms with Gasteiger partial charge in [-0.1, -0.05) is 12.1 Å². The summed E-state index contributed by atoms with van der Waals surface area (Å²) in [6.45, 7) is 0. The van der Waals surface area contributed by atoms with Gasteiger partial charge in [-0.3, -0.25) is 19.7 Å². The molecular formula is C12H12N2O3S. The highest BCUT2D eigenvalue weighted by molar-refractivity contribution is 7.80. The zero-order valence-corrected chi connectivity index (χ0v) is 10.4. The lowest BCUT2D eigenvalue weighted by molar-refractivity contribution is -0.134. The van der Waals surface area contributed by atoms with Crippen LogP contribution in [0, 0.1) is 0 Å². The average Bonchev–Trinajstić information content (AvgIpc) is 2.33. The molecule has 0 aromatic heterocycles. The molecule has 1 aromatic carbocycles. The Kier molecular flexibility index (Phi) is 3.66. The minimum Gasteiger partial charge on any atom is -0.340 e. The third-order valence-electron chi connectivity index (χ3n) is 2.69. The van der Waals surface area contributed by atoms with Crippen LogP contribution in [-0.2, 0) is 9.59 Å². The molecule has 3 amide bonds. The molecule has 1 atom stereocenters. The van der Waals surface area contributed by atoms with Crippen LogP contribution in [0.3, 0.4) is 0 Å². The van der Waals surface area contributed by atoms with E-state index in [1.807, 2.05) is 0 Å². The van der Waals surface area contributed by atoms with Crippen molar-refractivity contribution in [2.75, 3.05) is 0 Å². The predicted octanol–water partition coefficient (Wildman–Crippen LogP) is 0.510. The number of carbonyl (C=O) groups excluding carboxylic acids is 3. The molecule has 0 bridgehead atoms. The second-order valence-corrected chi connectivity index (χ2v) is 4.48. The van der Waals surface area contributed by atoms with Gasteiger partial charge >= 0.3 is 0 Å². The summed E-state index contributed by atoms with van der Waals surface area (Å²) in [5, 5.41) is 4.78. The van der Waals surface area contributed by atoms with Crippen molar-refractivity contribution in [2.45, 2.75) is 23.8 Å². The molecule has 5 nitrogen and oxygen atoms in total. The van der Waals surface area contributed by atoms with Gasteiger partial charge < -0.3 is 5.32 Å². The Hall–Kier alpha value is -1.82. The predicted molar refractivity (Wildman–Crippen MR) is 67.3 cm³/mol. The van der Waals surface area contributed by atoms with Gasteiger partial charge in [-0.2, -0.15) is 0 Å². The van der Waals surface area contributed by atoms with E-state index in [1.165, 1.54) is 0 Å². The molecule has 2 rings (SSSR count). The SMILES string of the molecule is O=C1CCC(NC(=O)c2ccccc2S)C(=O)N1. The van der Waals surface area contributed by atoms with Crippen LogP contribution in [0.5, 0.6) is 0 Å². The van der Waals surface area contributed by atoms with Gasteiger partial charge in [0.05, 0.1) is 5.56 Å². The maximum absolute atomic E-state index is 11.9. The van der Waals surface area contributed by atoms with Crippen molar-refractivity contribution in [3.63, 3.8) is 0 Å². The Morgan fingerprint density at radius 1 is 1.33 bits per heavy atom. The first kappa shape index (κ1) is 12.6. The maximum atomic E-state index is 11.9. The number of nitrogens with one attached hydrogen (secondary N) is 2. The molecule has 0 aliphatic carbocycles. The third-order valence-corrected chi connectivity index (χ3v) is 3.08. The van der Waals surface area contributed by atoms with Crippen molar-refractivity contribution in [2.24, 2.45) is 0 Å². The summed E-state index contributed by atoms with van der Waals surface area (Å²) >= 11 is 4.18. The Morgan fingerprint density at radius 2 is 2.06 bits per heavy atom. The number of rotatable bonds is 2. The summed E-state index contributed by atoms with van der Waals surface area (Å²) in [5.74, 6) is -1.13. The van der Waals surface area contributed by atoms with E-state index < -0.39 is 11.9 Å². The van der Waals surface area contributed by atoms with Crippen molar-refractivity contribution in [3.8, 4) is 0 Å². The quantitative estimate of drug-likeness (QED) is 0.538. The van der Waals surface area contributed by atoms with Crippen molar-refractivity contribution in [3.05, 3.63) is 29.8 Å². The normalized spacial score (nSPS) is 19.3. The monoisotopic (exact) mass is 264 g/mol.